The van der Waals surface area contributed by atoms with Crippen molar-refractivity contribution in [2.24, 2.45) is 5.73 Å². The van der Waals surface area contributed by atoms with Gasteiger partial charge < -0.3 is 10.3 Å². The average molecular weight is 272 g/mol. The minimum absolute atomic E-state index is 0. The minimum Gasteiger partial charge on any atom is -0.337 e. The van der Waals surface area contributed by atoms with Gasteiger partial charge >= 0.3 is 0 Å². The van der Waals surface area contributed by atoms with Crippen molar-refractivity contribution in [2.75, 3.05) is 0 Å². The van der Waals surface area contributed by atoms with Gasteiger partial charge in [0.05, 0.1) is 6.04 Å². The molecule has 0 unspecified atom stereocenters. The Morgan fingerprint density at radius 3 is 2.78 bits per heavy atom. The Hall–Kier alpha value is -1.46. The van der Waals surface area contributed by atoms with E-state index in [1.807, 2.05) is 6.92 Å². The van der Waals surface area contributed by atoms with Crippen molar-refractivity contribution in [3.05, 3.63) is 35.5 Å². The van der Waals surface area contributed by atoms with Crippen LogP contribution in [0, 0.1) is 12.7 Å². The molecule has 2 N–H and O–H groups in total. The number of nitrogens with zero attached hydrogens (tertiary/aromatic N) is 2. The molecule has 0 fully saturated rings. The van der Waals surface area contributed by atoms with Crippen molar-refractivity contribution in [1.82, 2.24) is 10.1 Å². The normalized spacial score (nSPS) is 12.0. The highest BCUT2D eigenvalue weighted by Crippen LogP contribution is 2.21. The molecule has 1 aromatic carbocycles. The fourth-order valence-corrected chi connectivity index (χ4v) is 1.41. The van der Waals surface area contributed by atoms with E-state index in [4.69, 9.17) is 10.3 Å². The van der Waals surface area contributed by atoms with Gasteiger partial charge in [-0.1, -0.05) is 24.2 Å². The second kappa shape index (κ2) is 5.93. The SMILES string of the molecule is CC[C@H](N)c1nc(-c2ccc(C)c(F)c2)no1.Cl. The highest BCUT2D eigenvalue weighted by molar-refractivity contribution is 5.85. The standard InChI is InChI=1S/C12H14FN3O.ClH/c1-3-10(14)12-15-11(16-17-12)8-5-4-7(2)9(13)6-8;/h4-6,10H,3,14H2,1-2H3;1H/t10-;/m0./s1. The molecule has 1 atom stereocenters. The number of nitrogens with two attached hydrogens (primary N) is 1. The summed E-state index contributed by atoms with van der Waals surface area (Å²) in [7, 11) is 0. The maximum Gasteiger partial charge on any atom is 0.243 e. The van der Waals surface area contributed by atoms with Crippen LogP contribution in [0.25, 0.3) is 11.4 Å². The first kappa shape index (κ1) is 14.6. The van der Waals surface area contributed by atoms with Gasteiger partial charge in [-0.15, -0.1) is 12.4 Å². The summed E-state index contributed by atoms with van der Waals surface area (Å²) in [5, 5.41) is 3.79. The lowest BCUT2D eigenvalue weighted by Gasteiger charge is -1.99. The van der Waals surface area contributed by atoms with Gasteiger partial charge in [-0.2, -0.15) is 4.98 Å². The number of hydrogen-bond acceptors (Lipinski definition) is 4. The zero-order valence-corrected chi connectivity index (χ0v) is 11.0. The Kier molecular flexibility index (Phi) is 4.81. The van der Waals surface area contributed by atoms with Crippen molar-refractivity contribution in [3.8, 4) is 11.4 Å². The monoisotopic (exact) mass is 271 g/mol. The number of aromatic nitrogens is 2. The lowest BCUT2D eigenvalue weighted by atomic mass is 10.1. The van der Waals surface area contributed by atoms with E-state index in [2.05, 4.69) is 10.1 Å². The number of rotatable bonds is 3. The van der Waals surface area contributed by atoms with Crippen LogP contribution >= 0.6 is 12.4 Å². The molecule has 0 radical (unpaired) electrons. The van der Waals surface area contributed by atoms with E-state index >= 15 is 0 Å². The highest BCUT2D eigenvalue weighted by Gasteiger charge is 2.14. The number of aryl methyl sites for hydroxylation is 1. The van der Waals surface area contributed by atoms with E-state index < -0.39 is 0 Å². The molecule has 1 aromatic heterocycles. The maximum absolute atomic E-state index is 13.4. The Morgan fingerprint density at radius 1 is 1.44 bits per heavy atom. The first-order valence-corrected chi connectivity index (χ1v) is 5.47. The van der Waals surface area contributed by atoms with Crippen LogP contribution in [0.5, 0.6) is 0 Å². The molecule has 0 aliphatic rings. The van der Waals surface area contributed by atoms with Crippen LogP contribution in [0.15, 0.2) is 22.7 Å². The van der Waals surface area contributed by atoms with Gasteiger partial charge in [-0.25, -0.2) is 4.39 Å². The molecule has 18 heavy (non-hydrogen) atoms. The van der Waals surface area contributed by atoms with E-state index in [1.165, 1.54) is 6.07 Å². The smallest absolute Gasteiger partial charge is 0.243 e. The van der Waals surface area contributed by atoms with Crippen molar-refractivity contribution in [1.29, 1.82) is 0 Å². The topological polar surface area (TPSA) is 64.9 Å². The van der Waals surface area contributed by atoms with Crippen LogP contribution in [0.1, 0.15) is 30.8 Å². The zero-order valence-electron chi connectivity index (χ0n) is 10.2. The first-order chi connectivity index (χ1) is 8.11. The number of hydrogen-bond donors (Lipinski definition) is 1. The number of halogens is 2. The van der Waals surface area contributed by atoms with E-state index in [1.54, 1.807) is 19.1 Å². The van der Waals surface area contributed by atoms with Gasteiger partial charge in [0.15, 0.2) is 0 Å². The number of benzene rings is 1. The molecular formula is C12H15ClFN3O. The van der Waals surface area contributed by atoms with Crippen LogP contribution in [0.3, 0.4) is 0 Å². The summed E-state index contributed by atoms with van der Waals surface area (Å²) >= 11 is 0. The van der Waals surface area contributed by atoms with Gasteiger partial charge in [-0.3, -0.25) is 0 Å². The summed E-state index contributed by atoms with van der Waals surface area (Å²) in [6, 6.07) is 4.55. The van der Waals surface area contributed by atoms with Gasteiger partial charge in [-0.05, 0) is 25.0 Å². The first-order valence-electron chi connectivity index (χ1n) is 5.47. The fraction of sp³-hybridized carbons (Fsp3) is 0.333. The Balaban J connectivity index is 0.00000162. The average Bonchev–Trinajstić information content (AvgIpc) is 2.81. The van der Waals surface area contributed by atoms with Gasteiger partial charge in [0.2, 0.25) is 11.7 Å². The van der Waals surface area contributed by atoms with E-state index in [0.29, 0.717) is 29.3 Å². The summed E-state index contributed by atoms with van der Waals surface area (Å²) in [4.78, 5) is 4.15. The summed E-state index contributed by atoms with van der Waals surface area (Å²) < 4.78 is 18.4. The Bertz CT molecular complexity index is 530. The third-order valence-electron chi connectivity index (χ3n) is 2.63. The van der Waals surface area contributed by atoms with Crippen LogP contribution in [0.2, 0.25) is 0 Å². The largest absolute Gasteiger partial charge is 0.337 e. The second-order valence-corrected chi connectivity index (χ2v) is 3.93. The van der Waals surface area contributed by atoms with E-state index in [-0.39, 0.29) is 24.3 Å². The third-order valence-corrected chi connectivity index (χ3v) is 2.63. The molecular weight excluding hydrogens is 257 g/mol. The summed E-state index contributed by atoms with van der Waals surface area (Å²) in [6.07, 6.45) is 0.712. The lowest BCUT2D eigenvalue weighted by Crippen LogP contribution is -2.08. The van der Waals surface area contributed by atoms with E-state index in [0.717, 1.165) is 0 Å². The summed E-state index contributed by atoms with van der Waals surface area (Å²) in [5.74, 6) is 0.458. The molecule has 98 valence electrons. The second-order valence-electron chi connectivity index (χ2n) is 3.93. The van der Waals surface area contributed by atoms with Crippen molar-refractivity contribution in [3.63, 3.8) is 0 Å². The van der Waals surface area contributed by atoms with Crippen LogP contribution < -0.4 is 5.73 Å². The van der Waals surface area contributed by atoms with Crippen LogP contribution in [-0.4, -0.2) is 10.1 Å². The van der Waals surface area contributed by atoms with Crippen molar-refractivity contribution >= 4 is 12.4 Å². The fourth-order valence-electron chi connectivity index (χ4n) is 1.41. The van der Waals surface area contributed by atoms with Gasteiger partial charge in [0, 0.05) is 5.56 Å². The van der Waals surface area contributed by atoms with Gasteiger partial charge in [0.25, 0.3) is 0 Å². The molecule has 1 heterocycles. The predicted molar refractivity (Wildman–Crippen MR) is 68.9 cm³/mol. The van der Waals surface area contributed by atoms with Crippen LogP contribution in [0.4, 0.5) is 4.39 Å². The highest BCUT2D eigenvalue weighted by atomic mass is 35.5. The molecule has 4 nitrogen and oxygen atoms in total. The van der Waals surface area contributed by atoms with Crippen molar-refractivity contribution in [2.45, 2.75) is 26.3 Å². The molecule has 6 heteroatoms. The van der Waals surface area contributed by atoms with Gasteiger partial charge in [0.1, 0.15) is 5.82 Å². The van der Waals surface area contributed by atoms with Crippen LogP contribution in [-0.2, 0) is 0 Å². The Labute approximate surface area is 111 Å². The molecule has 0 saturated carbocycles. The molecule has 0 aliphatic carbocycles. The molecule has 0 amide bonds. The maximum atomic E-state index is 13.4. The van der Waals surface area contributed by atoms with Crippen molar-refractivity contribution < 1.29 is 8.91 Å². The van der Waals surface area contributed by atoms with E-state index in [9.17, 15) is 4.39 Å². The molecule has 0 spiro atoms. The quantitative estimate of drug-likeness (QED) is 0.932. The lowest BCUT2D eigenvalue weighted by molar-refractivity contribution is 0.352. The third kappa shape index (κ3) is 2.86. The molecule has 0 bridgehead atoms. The zero-order chi connectivity index (χ0) is 12.4. The summed E-state index contributed by atoms with van der Waals surface area (Å²) in [6.45, 7) is 3.63. The molecule has 0 saturated heterocycles. The molecule has 2 rings (SSSR count). The minimum atomic E-state index is -0.284. The summed E-state index contributed by atoms with van der Waals surface area (Å²) in [5.41, 5.74) is 6.94. The predicted octanol–water partition coefficient (Wildman–Crippen LogP) is 3.02. The molecule has 0 aliphatic heterocycles. The Morgan fingerprint density at radius 2 is 2.17 bits per heavy atom. The molecule has 2 aromatic rings.